The van der Waals surface area contributed by atoms with Gasteiger partial charge in [-0.2, -0.15) is 0 Å². The third-order valence-electron chi connectivity index (χ3n) is 5.10. The van der Waals surface area contributed by atoms with Gasteiger partial charge in [-0.3, -0.25) is 4.79 Å². The molecule has 3 aromatic rings. The highest BCUT2D eigenvalue weighted by atomic mass is 16.5. The molecule has 176 valence electrons. The van der Waals surface area contributed by atoms with Crippen LogP contribution in [0.1, 0.15) is 41.8 Å². The Morgan fingerprint density at radius 3 is 1.86 bits per heavy atom. The molecular formula is C29H25NO5. The Hall–Kier alpha value is -4.63. The zero-order valence-corrected chi connectivity index (χ0v) is 19.5. The second kappa shape index (κ2) is 12.0. The van der Waals surface area contributed by atoms with Gasteiger partial charge in [-0.05, 0) is 79.2 Å². The quantitative estimate of drug-likeness (QED) is 0.218. The van der Waals surface area contributed by atoms with Crippen molar-refractivity contribution in [1.29, 1.82) is 0 Å². The van der Waals surface area contributed by atoms with E-state index in [0.717, 1.165) is 23.6 Å². The van der Waals surface area contributed by atoms with Crippen molar-refractivity contribution in [3.05, 3.63) is 102 Å². The Morgan fingerprint density at radius 2 is 1.37 bits per heavy atom. The number of amides is 1. The molecule has 35 heavy (non-hydrogen) atoms. The zero-order valence-electron chi connectivity index (χ0n) is 19.5. The van der Waals surface area contributed by atoms with E-state index in [1.165, 1.54) is 0 Å². The van der Waals surface area contributed by atoms with Gasteiger partial charge in [0.2, 0.25) is 5.91 Å². The van der Waals surface area contributed by atoms with Gasteiger partial charge in [0, 0.05) is 28.8 Å². The lowest BCUT2D eigenvalue weighted by Gasteiger charge is -2.10. The first-order valence-corrected chi connectivity index (χ1v) is 11.1. The highest BCUT2D eigenvalue weighted by Crippen LogP contribution is 2.17. The molecule has 6 heteroatoms. The van der Waals surface area contributed by atoms with Crippen LogP contribution in [0.25, 0.3) is 0 Å². The van der Waals surface area contributed by atoms with Crippen molar-refractivity contribution in [2.45, 2.75) is 20.3 Å². The lowest BCUT2D eigenvalue weighted by atomic mass is 10.1. The molecule has 1 N–H and O–H groups in total. The first kappa shape index (κ1) is 25.0. The fourth-order valence-corrected chi connectivity index (χ4v) is 2.82. The third-order valence-corrected chi connectivity index (χ3v) is 5.10. The molecule has 0 aliphatic heterocycles. The highest BCUT2D eigenvalue weighted by Gasteiger charge is 2.12. The Labute approximate surface area is 204 Å². The largest absolute Gasteiger partial charge is 0.423 e. The van der Waals surface area contributed by atoms with E-state index >= 15 is 0 Å². The number of carbonyl (C=O) groups is 3. The lowest BCUT2D eigenvalue weighted by Crippen LogP contribution is -2.19. The third kappa shape index (κ3) is 7.44. The van der Waals surface area contributed by atoms with E-state index in [4.69, 9.17) is 9.47 Å². The van der Waals surface area contributed by atoms with Gasteiger partial charge in [0.15, 0.2) is 0 Å². The average Bonchev–Trinajstić information content (AvgIpc) is 2.88. The fraction of sp³-hybridized carbons (Fsp3) is 0.138. The van der Waals surface area contributed by atoms with E-state index in [2.05, 4.69) is 23.7 Å². The van der Waals surface area contributed by atoms with Crippen LogP contribution in [0.4, 0.5) is 5.69 Å². The molecule has 0 radical (unpaired) electrons. The number of hydrogen-bond acceptors (Lipinski definition) is 5. The van der Waals surface area contributed by atoms with Crippen LogP contribution in [-0.2, 0) is 9.59 Å². The molecule has 1 atom stereocenters. The van der Waals surface area contributed by atoms with Crippen LogP contribution < -0.4 is 14.8 Å². The Morgan fingerprint density at radius 1 is 0.857 bits per heavy atom. The van der Waals surface area contributed by atoms with Gasteiger partial charge in [0.1, 0.15) is 11.5 Å². The molecule has 0 fully saturated rings. The smallest absolute Gasteiger partial charge is 0.343 e. The van der Waals surface area contributed by atoms with Gasteiger partial charge < -0.3 is 14.8 Å². The van der Waals surface area contributed by atoms with Crippen LogP contribution in [-0.4, -0.2) is 17.8 Å². The summed E-state index contributed by atoms with van der Waals surface area (Å²) in [6.07, 6.45) is 1.85. The summed E-state index contributed by atoms with van der Waals surface area (Å²) >= 11 is 0. The molecule has 3 aromatic carbocycles. The van der Waals surface area contributed by atoms with E-state index in [0.29, 0.717) is 22.7 Å². The molecule has 1 amide bonds. The highest BCUT2D eigenvalue weighted by molar-refractivity contribution is 5.94. The normalized spacial score (nSPS) is 10.8. The van der Waals surface area contributed by atoms with Crippen LogP contribution in [0.2, 0.25) is 0 Å². The number of ether oxygens (including phenoxy) is 2. The molecule has 0 aliphatic carbocycles. The van der Waals surface area contributed by atoms with Gasteiger partial charge in [0.25, 0.3) is 0 Å². The van der Waals surface area contributed by atoms with Crippen molar-refractivity contribution in [3.8, 4) is 23.3 Å². The number of rotatable bonds is 7. The van der Waals surface area contributed by atoms with Crippen LogP contribution in [0, 0.1) is 17.8 Å². The Kier molecular flexibility index (Phi) is 8.58. The molecular weight excluding hydrogens is 442 g/mol. The van der Waals surface area contributed by atoms with Crippen LogP contribution >= 0.6 is 0 Å². The number of nitrogens with one attached hydrogen (secondary N) is 1. The van der Waals surface area contributed by atoms with Crippen molar-refractivity contribution in [2.75, 3.05) is 5.32 Å². The number of benzene rings is 3. The van der Waals surface area contributed by atoms with Gasteiger partial charge in [-0.1, -0.05) is 32.3 Å². The SMILES string of the molecule is C=CC(=O)Oc1ccc(C#Cc2ccc(OC(=O)c3ccc(NC(=O)C(C)CC)cc3)cc2)cc1. The second-order valence-corrected chi connectivity index (χ2v) is 7.69. The van der Waals surface area contributed by atoms with Crippen LogP contribution in [0.15, 0.2) is 85.5 Å². The maximum Gasteiger partial charge on any atom is 0.343 e. The summed E-state index contributed by atoms with van der Waals surface area (Å²) in [4.78, 5) is 35.6. The van der Waals surface area contributed by atoms with Gasteiger partial charge in [0.05, 0.1) is 5.56 Å². The predicted molar refractivity (Wildman–Crippen MR) is 134 cm³/mol. The first-order chi connectivity index (χ1) is 16.9. The summed E-state index contributed by atoms with van der Waals surface area (Å²) in [7, 11) is 0. The second-order valence-electron chi connectivity index (χ2n) is 7.69. The molecule has 3 rings (SSSR count). The zero-order chi connectivity index (χ0) is 25.2. The lowest BCUT2D eigenvalue weighted by molar-refractivity contribution is -0.129. The number of anilines is 1. The van der Waals surface area contributed by atoms with E-state index in [1.807, 2.05) is 13.8 Å². The summed E-state index contributed by atoms with van der Waals surface area (Å²) in [5, 5.41) is 2.82. The number of carbonyl (C=O) groups excluding carboxylic acids is 3. The van der Waals surface area contributed by atoms with E-state index in [9.17, 15) is 14.4 Å². The Balaban J connectivity index is 1.57. The minimum atomic E-state index is -0.521. The average molecular weight is 468 g/mol. The molecule has 0 aliphatic rings. The molecule has 0 heterocycles. The molecule has 0 aromatic heterocycles. The van der Waals surface area contributed by atoms with Gasteiger partial charge >= 0.3 is 11.9 Å². The molecule has 0 saturated heterocycles. The van der Waals surface area contributed by atoms with Crippen molar-refractivity contribution < 1.29 is 23.9 Å². The predicted octanol–water partition coefficient (Wildman–Crippen LogP) is 5.38. The molecule has 0 bridgehead atoms. The van der Waals surface area contributed by atoms with E-state index in [1.54, 1.807) is 72.8 Å². The van der Waals surface area contributed by atoms with E-state index in [-0.39, 0.29) is 11.8 Å². The minimum absolute atomic E-state index is 0.0583. The summed E-state index contributed by atoms with van der Waals surface area (Å²) in [5.74, 6) is 5.70. The summed E-state index contributed by atoms with van der Waals surface area (Å²) in [6, 6.07) is 20.2. The molecule has 6 nitrogen and oxygen atoms in total. The van der Waals surface area contributed by atoms with Crippen molar-refractivity contribution in [2.24, 2.45) is 5.92 Å². The molecule has 0 spiro atoms. The van der Waals surface area contributed by atoms with Crippen LogP contribution in [0.3, 0.4) is 0 Å². The maximum absolute atomic E-state index is 12.4. The summed E-state index contributed by atoms with van der Waals surface area (Å²) in [5.41, 5.74) is 2.50. The summed E-state index contributed by atoms with van der Waals surface area (Å²) in [6.45, 7) is 7.17. The standard InChI is InChI=1S/C29H25NO5/c1-4-20(3)28(32)30-24-14-12-23(13-15-24)29(33)35-26-18-10-22(11-19-26)7-6-21-8-16-25(17-9-21)34-27(31)5-2/h5,8-20H,2,4H2,1,3H3,(H,30,32). The Bertz CT molecular complexity index is 1260. The van der Waals surface area contributed by atoms with Gasteiger partial charge in [-0.25, -0.2) is 9.59 Å². The first-order valence-electron chi connectivity index (χ1n) is 11.1. The van der Waals surface area contributed by atoms with Crippen molar-refractivity contribution in [1.82, 2.24) is 0 Å². The van der Waals surface area contributed by atoms with Crippen LogP contribution in [0.5, 0.6) is 11.5 Å². The molecule has 1 unspecified atom stereocenters. The topological polar surface area (TPSA) is 81.7 Å². The number of esters is 2. The molecule has 0 saturated carbocycles. The number of hydrogen-bond donors (Lipinski definition) is 1. The van der Waals surface area contributed by atoms with E-state index < -0.39 is 11.9 Å². The van der Waals surface area contributed by atoms with Gasteiger partial charge in [-0.15, -0.1) is 0 Å². The fourth-order valence-electron chi connectivity index (χ4n) is 2.82. The van der Waals surface area contributed by atoms with Crippen molar-refractivity contribution in [3.63, 3.8) is 0 Å². The van der Waals surface area contributed by atoms with Crippen molar-refractivity contribution >= 4 is 23.5 Å². The summed E-state index contributed by atoms with van der Waals surface area (Å²) < 4.78 is 10.5. The monoisotopic (exact) mass is 467 g/mol. The minimum Gasteiger partial charge on any atom is -0.423 e. The maximum atomic E-state index is 12.4.